The maximum absolute atomic E-state index is 11.2. The van der Waals surface area contributed by atoms with Crippen LogP contribution >= 0.6 is 0 Å². The first kappa shape index (κ1) is 9.63. The predicted molar refractivity (Wildman–Crippen MR) is 45.5 cm³/mol. The molecule has 1 aromatic rings. The van der Waals surface area contributed by atoms with Crippen LogP contribution in [-0.4, -0.2) is 26.1 Å². The number of rotatable bonds is 3. The molecular formula is C7H13N5O. The number of hydrogen-bond acceptors (Lipinski definition) is 4. The molecule has 72 valence electrons. The Balaban J connectivity index is 2.44. The van der Waals surface area contributed by atoms with Crippen molar-refractivity contribution in [3.63, 3.8) is 0 Å². The van der Waals surface area contributed by atoms with Crippen LogP contribution in [0.15, 0.2) is 0 Å². The SMILES string of the molecule is CC(C)C(=O)NCc1nnnn1C. The fourth-order valence-electron chi connectivity index (χ4n) is 0.768. The summed E-state index contributed by atoms with van der Waals surface area (Å²) in [6.07, 6.45) is 0. The van der Waals surface area contributed by atoms with Gasteiger partial charge in [-0.25, -0.2) is 4.68 Å². The minimum absolute atomic E-state index is 0.00278. The van der Waals surface area contributed by atoms with Gasteiger partial charge in [-0.1, -0.05) is 13.8 Å². The first-order chi connectivity index (χ1) is 6.11. The van der Waals surface area contributed by atoms with Gasteiger partial charge in [0, 0.05) is 13.0 Å². The number of carbonyl (C=O) groups excluding carboxylic acids is 1. The zero-order valence-corrected chi connectivity index (χ0v) is 7.98. The van der Waals surface area contributed by atoms with E-state index in [1.54, 1.807) is 7.05 Å². The van der Waals surface area contributed by atoms with Crippen LogP contribution in [0.2, 0.25) is 0 Å². The molecule has 1 aromatic heterocycles. The van der Waals surface area contributed by atoms with E-state index < -0.39 is 0 Å². The molecule has 0 aliphatic heterocycles. The Bertz CT molecular complexity index is 293. The van der Waals surface area contributed by atoms with Crippen LogP contribution in [0, 0.1) is 5.92 Å². The maximum Gasteiger partial charge on any atom is 0.222 e. The van der Waals surface area contributed by atoms with Gasteiger partial charge in [-0.3, -0.25) is 4.79 Å². The first-order valence-corrected chi connectivity index (χ1v) is 4.10. The number of amides is 1. The van der Waals surface area contributed by atoms with Crippen molar-refractivity contribution >= 4 is 5.91 Å². The van der Waals surface area contributed by atoms with Crippen LogP contribution in [-0.2, 0) is 18.4 Å². The number of aromatic nitrogens is 4. The van der Waals surface area contributed by atoms with E-state index in [4.69, 9.17) is 0 Å². The van der Waals surface area contributed by atoms with Gasteiger partial charge in [-0.05, 0) is 10.4 Å². The van der Waals surface area contributed by atoms with Gasteiger partial charge in [0.1, 0.15) is 0 Å². The molecule has 0 aromatic carbocycles. The van der Waals surface area contributed by atoms with Crippen molar-refractivity contribution in [2.45, 2.75) is 20.4 Å². The fourth-order valence-corrected chi connectivity index (χ4v) is 0.768. The number of carbonyl (C=O) groups is 1. The highest BCUT2D eigenvalue weighted by molar-refractivity contribution is 5.77. The standard InChI is InChI=1S/C7H13N5O/c1-5(2)7(13)8-4-6-9-10-11-12(6)3/h5H,4H2,1-3H3,(H,8,13). The van der Waals surface area contributed by atoms with Crippen molar-refractivity contribution in [2.75, 3.05) is 0 Å². The maximum atomic E-state index is 11.2. The highest BCUT2D eigenvalue weighted by Crippen LogP contribution is 1.93. The normalized spacial score (nSPS) is 10.5. The Kier molecular flexibility index (Phi) is 2.94. The Hall–Kier alpha value is -1.46. The topological polar surface area (TPSA) is 72.7 Å². The second-order valence-corrected chi connectivity index (χ2v) is 3.09. The molecule has 0 aliphatic carbocycles. The zero-order valence-electron chi connectivity index (χ0n) is 7.98. The summed E-state index contributed by atoms with van der Waals surface area (Å²) in [5.41, 5.74) is 0. The van der Waals surface area contributed by atoms with E-state index in [1.807, 2.05) is 13.8 Å². The molecule has 1 heterocycles. The van der Waals surface area contributed by atoms with Gasteiger partial charge < -0.3 is 5.32 Å². The molecular weight excluding hydrogens is 170 g/mol. The largest absolute Gasteiger partial charge is 0.349 e. The molecule has 0 saturated heterocycles. The lowest BCUT2D eigenvalue weighted by Gasteiger charge is -2.05. The summed E-state index contributed by atoms with van der Waals surface area (Å²) in [5.74, 6) is 0.637. The molecule has 0 fully saturated rings. The molecule has 0 bridgehead atoms. The number of aryl methyl sites for hydroxylation is 1. The van der Waals surface area contributed by atoms with E-state index in [-0.39, 0.29) is 11.8 Å². The van der Waals surface area contributed by atoms with Crippen LogP contribution in [0.25, 0.3) is 0 Å². The number of hydrogen-bond donors (Lipinski definition) is 1. The van der Waals surface area contributed by atoms with Gasteiger partial charge in [0.2, 0.25) is 5.91 Å². The molecule has 1 amide bonds. The lowest BCUT2D eigenvalue weighted by molar-refractivity contribution is -0.124. The van der Waals surface area contributed by atoms with Crippen molar-refractivity contribution in [1.82, 2.24) is 25.5 Å². The molecule has 0 aliphatic rings. The van der Waals surface area contributed by atoms with Gasteiger partial charge in [-0.2, -0.15) is 0 Å². The lowest BCUT2D eigenvalue weighted by Crippen LogP contribution is -2.28. The fraction of sp³-hybridized carbons (Fsp3) is 0.714. The summed E-state index contributed by atoms with van der Waals surface area (Å²) in [7, 11) is 1.73. The van der Waals surface area contributed by atoms with Gasteiger partial charge in [0.25, 0.3) is 0 Å². The second-order valence-electron chi connectivity index (χ2n) is 3.09. The summed E-state index contributed by atoms with van der Waals surface area (Å²) in [5, 5.41) is 13.6. The minimum Gasteiger partial charge on any atom is -0.349 e. The van der Waals surface area contributed by atoms with Gasteiger partial charge >= 0.3 is 0 Å². The minimum atomic E-state index is -0.0128. The number of nitrogens with one attached hydrogen (secondary N) is 1. The van der Waals surface area contributed by atoms with Crippen LogP contribution in [0.4, 0.5) is 0 Å². The van der Waals surface area contributed by atoms with Crippen LogP contribution in [0.5, 0.6) is 0 Å². The molecule has 1 rings (SSSR count). The van der Waals surface area contributed by atoms with Gasteiger partial charge in [0.15, 0.2) is 5.82 Å². The Labute approximate surface area is 76.3 Å². The van der Waals surface area contributed by atoms with Gasteiger partial charge in [-0.15, -0.1) is 5.10 Å². The third-order valence-electron chi connectivity index (χ3n) is 1.65. The molecule has 6 nitrogen and oxygen atoms in total. The number of tetrazole rings is 1. The van der Waals surface area contributed by atoms with Crippen molar-refractivity contribution in [1.29, 1.82) is 0 Å². The van der Waals surface area contributed by atoms with Gasteiger partial charge in [0.05, 0.1) is 6.54 Å². The molecule has 0 radical (unpaired) electrons. The average molecular weight is 183 g/mol. The van der Waals surface area contributed by atoms with E-state index in [1.165, 1.54) is 4.68 Å². The molecule has 0 spiro atoms. The van der Waals surface area contributed by atoms with Crippen molar-refractivity contribution < 1.29 is 4.79 Å². The summed E-state index contributed by atoms with van der Waals surface area (Å²) >= 11 is 0. The average Bonchev–Trinajstić information content (AvgIpc) is 2.47. The zero-order chi connectivity index (χ0) is 9.84. The van der Waals surface area contributed by atoms with Crippen molar-refractivity contribution in [2.24, 2.45) is 13.0 Å². The smallest absolute Gasteiger partial charge is 0.222 e. The Morgan fingerprint density at radius 1 is 1.62 bits per heavy atom. The summed E-state index contributed by atoms with van der Waals surface area (Å²) in [6, 6.07) is 0. The molecule has 6 heteroatoms. The summed E-state index contributed by atoms with van der Waals surface area (Å²) in [6.45, 7) is 4.05. The predicted octanol–water partition coefficient (Wildman–Crippen LogP) is -0.518. The molecule has 1 N–H and O–H groups in total. The van der Waals surface area contributed by atoms with Crippen molar-refractivity contribution in [3.8, 4) is 0 Å². The van der Waals surface area contributed by atoms with Crippen molar-refractivity contribution in [3.05, 3.63) is 5.82 Å². The van der Waals surface area contributed by atoms with Crippen LogP contribution in [0.3, 0.4) is 0 Å². The van der Waals surface area contributed by atoms with E-state index in [9.17, 15) is 4.79 Å². The van der Waals surface area contributed by atoms with E-state index >= 15 is 0 Å². The monoisotopic (exact) mass is 183 g/mol. The third-order valence-corrected chi connectivity index (χ3v) is 1.65. The molecule has 13 heavy (non-hydrogen) atoms. The quantitative estimate of drug-likeness (QED) is 0.684. The van der Waals surface area contributed by atoms with Crippen LogP contribution < -0.4 is 5.32 Å². The van der Waals surface area contributed by atoms with E-state index in [0.717, 1.165) is 0 Å². The highest BCUT2D eigenvalue weighted by Gasteiger charge is 2.08. The highest BCUT2D eigenvalue weighted by atomic mass is 16.1. The first-order valence-electron chi connectivity index (χ1n) is 4.10. The summed E-state index contributed by atoms with van der Waals surface area (Å²) < 4.78 is 1.53. The Morgan fingerprint density at radius 3 is 2.77 bits per heavy atom. The van der Waals surface area contributed by atoms with E-state index in [2.05, 4.69) is 20.8 Å². The second kappa shape index (κ2) is 3.97. The van der Waals surface area contributed by atoms with Crippen LogP contribution in [0.1, 0.15) is 19.7 Å². The number of nitrogens with zero attached hydrogens (tertiary/aromatic N) is 4. The molecule has 0 saturated carbocycles. The molecule has 0 unspecified atom stereocenters. The Morgan fingerprint density at radius 2 is 2.31 bits per heavy atom. The molecule has 0 atom stereocenters. The van der Waals surface area contributed by atoms with E-state index in [0.29, 0.717) is 12.4 Å². The summed E-state index contributed by atoms with van der Waals surface area (Å²) in [4.78, 5) is 11.2. The third kappa shape index (κ3) is 2.50. The lowest BCUT2D eigenvalue weighted by atomic mass is 10.2.